The fraction of sp³-hybridized carbons (Fsp3) is 0.125. The largest absolute Gasteiger partial charge is 0.333 e. The molecule has 0 saturated carbocycles. The molecule has 6 heteroatoms. The number of thioether (sulfide) groups is 1. The van der Waals surface area contributed by atoms with Crippen LogP contribution in [-0.2, 0) is 4.79 Å². The predicted molar refractivity (Wildman–Crippen MR) is 94.3 cm³/mol. The van der Waals surface area contributed by atoms with Gasteiger partial charge in [0, 0.05) is 10.2 Å². The van der Waals surface area contributed by atoms with Crippen LogP contribution in [0.5, 0.6) is 0 Å². The first-order valence-electron chi connectivity index (χ1n) is 6.75. The summed E-state index contributed by atoms with van der Waals surface area (Å²) in [6.07, 6.45) is 0. The van der Waals surface area contributed by atoms with Gasteiger partial charge in [-0.15, -0.1) is 0 Å². The zero-order valence-corrected chi connectivity index (χ0v) is 14.3. The number of H-pyrrole nitrogens is 1. The number of benzene rings is 2. The van der Waals surface area contributed by atoms with Gasteiger partial charge in [-0.1, -0.05) is 39.8 Å². The van der Waals surface area contributed by atoms with Crippen LogP contribution in [-0.4, -0.2) is 21.6 Å². The molecule has 0 unspecified atom stereocenters. The van der Waals surface area contributed by atoms with Crippen LogP contribution in [0, 0.1) is 6.92 Å². The van der Waals surface area contributed by atoms with E-state index in [1.807, 2.05) is 49.4 Å². The molecule has 112 valence electrons. The Kier molecular flexibility index (Phi) is 4.49. The SMILES string of the molecule is Cc1ccc2nc(SCC(=O)Nc3cccc(Br)c3)[nH]c2c1. The van der Waals surface area contributed by atoms with E-state index in [9.17, 15) is 4.79 Å². The number of rotatable bonds is 4. The van der Waals surface area contributed by atoms with Crippen molar-refractivity contribution in [1.29, 1.82) is 0 Å². The molecular formula is C16H14BrN3OS. The molecule has 0 aliphatic carbocycles. The number of aromatic nitrogens is 2. The van der Waals surface area contributed by atoms with Gasteiger partial charge < -0.3 is 10.3 Å². The maximum absolute atomic E-state index is 12.0. The van der Waals surface area contributed by atoms with Crippen LogP contribution in [0.25, 0.3) is 11.0 Å². The summed E-state index contributed by atoms with van der Waals surface area (Å²) < 4.78 is 0.936. The number of anilines is 1. The number of carbonyl (C=O) groups excluding carboxylic acids is 1. The van der Waals surface area contributed by atoms with Crippen molar-refractivity contribution in [1.82, 2.24) is 9.97 Å². The van der Waals surface area contributed by atoms with Gasteiger partial charge in [-0.25, -0.2) is 4.98 Å². The number of nitrogens with one attached hydrogen (secondary N) is 2. The minimum Gasteiger partial charge on any atom is -0.333 e. The number of fused-ring (bicyclic) bond motifs is 1. The van der Waals surface area contributed by atoms with Crippen LogP contribution in [0.2, 0.25) is 0 Å². The van der Waals surface area contributed by atoms with Crippen LogP contribution in [0.3, 0.4) is 0 Å². The Bertz CT molecular complexity index is 831. The Morgan fingerprint density at radius 3 is 3.00 bits per heavy atom. The fourth-order valence-electron chi connectivity index (χ4n) is 2.07. The number of nitrogens with zero attached hydrogens (tertiary/aromatic N) is 1. The van der Waals surface area contributed by atoms with Crippen LogP contribution in [0.4, 0.5) is 5.69 Å². The summed E-state index contributed by atoms with van der Waals surface area (Å²) in [5, 5.41) is 3.62. The van der Waals surface area contributed by atoms with Crippen molar-refractivity contribution in [3.05, 3.63) is 52.5 Å². The lowest BCUT2D eigenvalue weighted by atomic mass is 10.2. The van der Waals surface area contributed by atoms with E-state index in [2.05, 4.69) is 31.2 Å². The number of carbonyl (C=O) groups is 1. The topological polar surface area (TPSA) is 57.8 Å². The van der Waals surface area contributed by atoms with Crippen molar-refractivity contribution in [2.45, 2.75) is 12.1 Å². The molecule has 0 bridgehead atoms. The van der Waals surface area contributed by atoms with Crippen LogP contribution in [0.1, 0.15) is 5.56 Å². The normalized spacial score (nSPS) is 10.8. The first-order valence-corrected chi connectivity index (χ1v) is 8.52. The molecule has 2 N–H and O–H groups in total. The molecule has 0 saturated heterocycles. The first-order chi connectivity index (χ1) is 10.6. The number of aryl methyl sites for hydroxylation is 1. The summed E-state index contributed by atoms with van der Waals surface area (Å²) in [5.41, 5.74) is 3.87. The molecule has 1 aromatic heterocycles. The van der Waals surface area contributed by atoms with Crippen molar-refractivity contribution < 1.29 is 4.79 Å². The molecule has 0 radical (unpaired) electrons. The van der Waals surface area contributed by atoms with Crippen molar-refractivity contribution in [2.75, 3.05) is 11.1 Å². The summed E-state index contributed by atoms with van der Waals surface area (Å²) >= 11 is 4.77. The highest BCUT2D eigenvalue weighted by Gasteiger charge is 2.07. The Hall–Kier alpha value is -1.79. The van der Waals surface area contributed by atoms with E-state index in [1.54, 1.807) is 0 Å². The second kappa shape index (κ2) is 6.54. The number of amides is 1. The minimum atomic E-state index is -0.0558. The van der Waals surface area contributed by atoms with Gasteiger partial charge in [0.2, 0.25) is 5.91 Å². The molecule has 4 nitrogen and oxygen atoms in total. The first kappa shape index (κ1) is 15.1. The lowest BCUT2D eigenvalue weighted by Crippen LogP contribution is -2.14. The Morgan fingerprint density at radius 2 is 2.18 bits per heavy atom. The zero-order valence-electron chi connectivity index (χ0n) is 11.9. The summed E-state index contributed by atoms with van der Waals surface area (Å²) in [7, 11) is 0. The monoisotopic (exact) mass is 375 g/mol. The highest BCUT2D eigenvalue weighted by atomic mass is 79.9. The maximum atomic E-state index is 12.0. The van der Waals surface area contributed by atoms with E-state index in [0.717, 1.165) is 26.3 Å². The summed E-state index contributed by atoms with van der Waals surface area (Å²) in [4.78, 5) is 19.7. The van der Waals surface area contributed by atoms with E-state index < -0.39 is 0 Å². The van der Waals surface area contributed by atoms with Crippen LogP contribution >= 0.6 is 27.7 Å². The summed E-state index contributed by atoms with van der Waals surface area (Å²) in [6.45, 7) is 2.04. The molecule has 22 heavy (non-hydrogen) atoms. The molecule has 1 heterocycles. The summed E-state index contributed by atoms with van der Waals surface area (Å²) in [5.74, 6) is 0.255. The number of halogens is 1. The van der Waals surface area contributed by atoms with Crippen molar-refractivity contribution >= 4 is 50.3 Å². The Labute approximate surface area is 140 Å². The van der Waals surface area contributed by atoms with Gasteiger partial charge in [-0.3, -0.25) is 4.79 Å². The summed E-state index contributed by atoms with van der Waals surface area (Å²) in [6, 6.07) is 13.6. The fourth-order valence-corrected chi connectivity index (χ4v) is 3.15. The lowest BCUT2D eigenvalue weighted by molar-refractivity contribution is -0.113. The molecule has 0 atom stereocenters. The van der Waals surface area contributed by atoms with Crippen LogP contribution < -0.4 is 5.32 Å². The lowest BCUT2D eigenvalue weighted by Gasteiger charge is -2.04. The Morgan fingerprint density at radius 1 is 1.32 bits per heavy atom. The van der Waals surface area contributed by atoms with Crippen LogP contribution in [0.15, 0.2) is 52.1 Å². The van der Waals surface area contributed by atoms with Crippen molar-refractivity contribution in [3.63, 3.8) is 0 Å². The molecule has 0 spiro atoms. The van der Waals surface area contributed by atoms with Gasteiger partial charge in [0.05, 0.1) is 16.8 Å². The van der Waals surface area contributed by atoms with E-state index in [4.69, 9.17) is 0 Å². The van der Waals surface area contributed by atoms with Gasteiger partial charge in [-0.05, 0) is 42.8 Å². The van der Waals surface area contributed by atoms with E-state index >= 15 is 0 Å². The highest BCUT2D eigenvalue weighted by molar-refractivity contribution is 9.10. The smallest absolute Gasteiger partial charge is 0.234 e. The van der Waals surface area contributed by atoms with Gasteiger partial charge in [0.1, 0.15) is 0 Å². The second-order valence-corrected chi connectivity index (χ2v) is 6.79. The average molecular weight is 376 g/mol. The number of aromatic amines is 1. The van der Waals surface area contributed by atoms with E-state index in [1.165, 1.54) is 17.3 Å². The van der Waals surface area contributed by atoms with Gasteiger partial charge in [0.25, 0.3) is 0 Å². The van der Waals surface area contributed by atoms with Gasteiger partial charge in [-0.2, -0.15) is 0 Å². The van der Waals surface area contributed by atoms with E-state index in [-0.39, 0.29) is 5.91 Å². The minimum absolute atomic E-state index is 0.0558. The Balaban J connectivity index is 1.62. The predicted octanol–water partition coefficient (Wildman–Crippen LogP) is 4.36. The zero-order chi connectivity index (χ0) is 15.5. The van der Waals surface area contributed by atoms with Crippen molar-refractivity contribution in [3.8, 4) is 0 Å². The maximum Gasteiger partial charge on any atom is 0.234 e. The molecule has 0 aliphatic rings. The standard InChI is InChI=1S/C16H14BrN3OS/c1-10-5-6-13-14(7-10)20-16(19-13)22-9-15(21)18-12-4-2-3-11(17)8-12/h2-8H,9H2,1H3,(H,18,21)(H,19,20). The molecule has 2 aromatic carbocycles. The highest BCUT2D eigenvalue weighted by Crippen LogP contribution is 2.21. The molecule has 3 aromatic rings. The van der Waals surface area contributed by atoms with Gasteiger partial charge in [0.15, 0.2) is 5.16 Å². The quantitative estimate of drug-likeness (QED) is 0.665. The van der Waals surface area contributed by atoms with E-state index in [0.29, 0.717) is 5.75 Å². The average Bonchev–Trinajstić information content (AvgIpc) is 2.87. The van der Waals surface area contributed by atoms with Gasteiger partial charge >= 0.3 is 0 Å². The number of imidazole rings is 1. The molecule has 0 fully saturated rings. The number of hydrogen-bond acceptors (Lipinski definition) is 3. The molecule has 3 rings (SSSR count). The molecule has 1 amide bonds. The molecule has 0 aliphatic heterocycles. The molecular weight excluding hydrogens is 362 g/mol. The second-order valence-electron chi connectivity index (χ2n) is 4.91. The third-order valence-corrected chi connectivity index (χ3v) is 4.43. The number of hydrogen-bond donors (Lipinski definition) is 2. The third-order valence-electron chi connectivity index (χ3n) is 3.06. The third kappa shape index (κ3) is 3.69. The van der Waals surface area contributed by atoms with Crippen molar-refractivity contribution in [2.24, 2.45) is 0 Å².